The van der Waals surface area contributed by atoms with Gasteiger partial charge >= 0.3 is 0 Å². The zero-order chi connectivity index (χ0) is 12.7. The third-order valence-electron chi connectivity index (χ3n) is 3.97. The highest BCUT2D eigenvalue weighted by molar-refractivity contribution is 4.82. The third-order valence-corrected chi connectivity index (χ3v) is 3.97. The monoisotopic (exact) mass is 242 g/mol. The molecule has 102 valence electrons. The van der Waals surface area contributed by atoms with Crippen molar-refractivity contribution in [1.29, 1.82) is 0 Å². The molecule has 3 nitrogen and oxygen atoms in total. The second-order valence-corrected chi connectivity index (χ2v) is 5.44. The van der Waals surface area contributed by atoms with Gasteiger partial charge in [-0.25, -0.2) is 0 Å². The van der Waals surface area contributed by atoms with E-state index in [0.717, 1.165) is 19.1 Å². The van der Waals surface area contributed by atoms with Crippen LogP contribution in [-0.2, 0) is 4.74 Å². The Balaban J connectivity index is 2.36. The largest absolute Gasteiger partial charge is 0.384 e. The van der Waals surface area contributed by atoms with Crippen LogP contribution in [0.5, 0.6) is 0 Å². The van der Waals surface area contributed by atoms with Crippen molar-refractivity contribution < 1.29 is 4.74 Å². The lowest BCUT2D eigenvalue weighted by atomic mass is 9.96. The fourth-order valence-electron chi connectivity index (χ4n) is 2.70. The van der Waals surface area contributed by atoms with Gasteiger partial charge in [0.25, 0.3) is 0 Å². The minimum atomic E-state index is 0.580. The van der Waals surface area contributed by atoms with E-state index in [1.807, 2.05) is 7.11 Å². The standard InChI is InChI=1S/C14H30N2O/c1-5-8-15-12(2)13(3)16-9-6-7-14(10-16)11-17-4/h12-15H,5-11H2,1-4H3. The summed E-state index contributed by atoms with van der Waals surface area (Å²) in [5.41, 5.74) is 0. The van der Waals surface area contributed by atoms with Crippen LogP contribution in [0, 0.1) is 5.92 Å². The number of hydrogen-bond donors (Lipinski definition) is 1. The summed E-state index contributed by atoms with van der Waals surface area (Å²) in [6, 6.07) is 1.21. The van der Waals surface area contributed by atoms with Gasteiger partial charge in [0.05, 0.1) is 6.61 Å². The normalized spacial score (nSPS) is 25.8. The lowest BCUT2D eigenvalue weighted by Gasteiger charge is -2.39. The van der Waals surface area contributed by atoms with Gasteiger partial charge in [-0.1, -0.05) is 6.92 Å². The maximum absolute atomic E-state index is 5.29. The van der Waals surface area contributed by atoms with Gasteiger partial charge in [0.2, 0.25) is 0 Å². The Hall–Kier alpha value is -0.120. The Kier molecular flexibility index (Phi) is 7.09. The van der Waals surface area contributed by atoms with Crippen molar-refractivity contribution >= 4 is 0 Å². The van der Waals surface area contributed by atoms with Gasteiger partial charge in [-0.15, -0.1) is 0 Å². The molecular formula is C14H30N2O. The van der Waals surface area contributed by atoms with Crippen molar-refractivity contribution in [2.75, 3.05) is 33.4 Å². The lowest BCUT2D eigenvalue weighted by Crippen LogP contribution is -2.51. The van der Waals surface area contributed by atoms with Crippen molar-refractivity contribution in [3.05, 3.63) is 0 Å². The van der Waals surface area contributed by atoms with E-state index in [9.17, 15) is 0 Å². The average molecular weight is 242 g/mol. The molecular weight excluding hydrogens is 212 g/mol. The highest BCUT2D eigenvalue weighted by Crippen LogP contribution is 2.19. The van der Waals surface area contributed by atoms with Gasteiger partial charge in [0.15, 0.2) is 0 Å². The maximum atomic E-state index is 5.29. The molecule has 0 spiro atoms. The average Bonchev–Trinajstić information content (AvgIpc) is 2.35. The maximum Gasteiger partial charge on any atom is 0.0502 e. The summed E-state index contributed by atoms with van der Waals surface area (Å²) in [5.74, 6) is 0.731. The fourth-order valence-corrected chi connectivity index (χ4v) is 2.70. The molecule has 0 radical (unpaired) electrons. The molecule has 1 aliphatic rings. The Labute approximate surface area is 107 Å². The van der Waals surface area contributed by atoms with Crippen LogP contribution in [0.25, 0.3) is 0 Å². The molecule has 0 aliphatic carbocycles. The minimum Gasteiger partial charge on any atom is -0.384 e. The SMILES string of the molecule is CCCNC(C)C(C)N1CCCC(COC)C1. The van der Waals surface area contributed by atoms with Gasteiger partial charge in [0, 0.05) is 25.7 Å². The van der Waals surface area contributed by atoms with Crippen molar-refractivity contribution in [2.24, 2.45) is 5.92 Å². The highest BCUT2D eigenvalue weighted by Gasteiger charge is 2.25. The number of rotatable bonds is 7. The summed E-state index contributed by atoms with van der Waals surface area (Å²) < 4.78 is 5.29. The van der Waals surface area contributed by atoms with Gasteiger partial charge in [0.1, 0.15) is 0 Å². The van der Waals surface area contributed by atoms with Crippen molar-refractivity contribution in [3.8, 4) is 0 Å². The molecule has 0 amide bonds. The van der Waals surface area contributed by atoms with E-state index in [1.54, 1.807) is 0 Å². The quantitative estimate of drug-likeness (QED) is 0.740. The van der Waals surface area contributed by atoms with Gasteiger partial charge in [-0.2, -0.15) is 0 Å². The van der Waals surface area contributed by atoms with E-state index in [1.165, 1.54) is 32.4 Å². The van der Waals surface area contributed by atoms with Crippen LogP contribution in [0.4, 0.5) is 0 Å². The van der Waals surface area contributed by atoms with E-state index >= 15 is 0 Å². The second kappa shape index (κ2) is 8.06. The second-order valence-electron chi connectivity index (χ2n) is 5.44. The van der Waals surface area contributed by atoms with Crippen molar-refractivity contribution in [3.63, 3.8) is 0 Å². The number of hydrogen-bond acceptors (Lipinski definition) is 3. The summed E-state index contributed by atoms with van der Waals surface area (Å²) >= 11 is 0. The minimum absolute atomic E-state index is 0.580. The van der Waals surface area contributed by atoms with Crippen molar-refractivity contribution in [1.82, 2.24) is 10.2 Å². The van der Waals surface area contributed by atoms with E-state index < -0.39 is 0 Å². The first-order valence-electron chi connectivity index (χ1n) is 7.15. The van der Waals surface area contributed by atoms with Crippen LogP contribution in [0.15, 0.2) is 0 Å². The molecule has 1 aliphatic heterocycles. The molecule has 1 heterocycles. The third kappa shape index (κ3) is 4.94. The number of likely N-dealkylation sites (tertiary alicyclic amines) is 1. The molecule has 0 aromatic rings. The van der Waals surface area contributed by atoms with Crippen LogP contribution in [0.2, 0.25) is 0 Å². The number of nitrogens with one attached hydrogen (secondary N) is 1. The molecule has 3 heteroatoms. The molecule has 1 saturated heterocycles. The van der Waals surface area contributed by atoms with Gasteiger partial charge < -0.3 is 10.1 Å². The van der Waals surface area contributed by atoms with Crippen molar-refractivity contribution in [2.45, 2.75) is 52.1 Å². The van der Waals surface area contributed by atoms with Gasteiger partial charge in [-0.05, 0) is 52.1 Å². The first-order valence-corrected chi connectivity index (χ1v) is 7.15. The predicted molar refractivity (Wildman–Crippen MR) is 73.4 cm³/mol. The molecule has 0 bridgehead atoms. The zero-order valence-corrected chi connectivity index (χ0v) is 12.0. The Morgan fingerprint density at radius 1 is 1.41 bits per heavy atom. The molecule has 3 unspecified atom stereocenters. The number of piperidine rings is 1. The first kappa shape index (κ1) is 14.9. The van der Waals surface area contributed by atoms with Gasteiger partial charge in [-0.3, -0.25) is 4.90 Å². The topological polar surface area (TPSA) is 24.5 Å². The molecule has 0 aromatic heterocycles. The molecule has 1 N–H and O–H groups in total. The zero-order valence-electron chi connectivity index (χ0n) is 12.0. The Morgan fingerprint density at radius 3 is 2.82 bits per heavy atom. The van der Waals surface area contributed by atoms with E-state index in [-0.39, 0.29) is 0 Å². The molecule has 0 saturated carbocycles. The number of nitrogens with zero attached hydrogens (tertiary/aromatic N) is 1. The summed E-state index contributed by atoms with van der Waals surface area (Å²) in [6.07, 6.45) is 3.86. The summed E-state index contributed by atoms with van der Waals surface area (Å²) in [5, 5.41) is 3.60. The van der Waals surface area contributed by atoms with Crippen LogP contribution < -0.4 is 5.32 Å². The van der Waals surface area contributed by atoms with Crippen LogP contribution in [0.3, 0.4) is 0 Å². The highest BCUT2D eigenvalue weighted by atomic mass is 16.5. The smallest absolute Gasteiger partial charge is 0.0502 e. The lowest BCUT2D eigenvalue weighted by molar-refractivity contribution is 0.0635. The summed E-state index contributed by atoms with van der Waals surface area (Å²) in [7, 11) is 1.81. The molecule has 17 heavy (non-hydrogen) atoms. The Morgan fingerprint density at radius 2 is 2.18 bits per heavy atom. The Bertz CT molecular complexity index is 197. The molecule has 0 aromatic carbocycles. The summed E-state index contributed by atoms with van der Waals surface area (Å²) in [6.45, 7) is 11.4. The van der Waals surface area contributed by atoms with E-state index in [4.69, 9.17) is 4.74 Å². The van der Waals surface area contributed by atoms with Crippen LogP contribution in [0.1, 0.15) is 40.0 Å². The van der Waals surface area contributed by atoms with Crippen LogP contribution in [-0.4, -0.2) is 50.3 Å². The first-order chi connectivity index (χ1) is 8.19. The van der Waals surface area contributed by atoms with E-state index in [2.05, 4.69) is 31.0 Å². The molecule has 1 rings (SSSR count). The summed E-state index contributed by atoms with van der Waals surface area (Å²) in [4.78, 5) is 2.63. The van der Waals surface area contributed by atoms with Crippen LogP contribution >= 0.6 is 0 Å². The molecule has 1 fully saturated rings. The molecule has 3 atom stereocenters. The van der Waals surface area contributed by atoms with E-state index in [0.29, 0.717) is 12.1 Å². The number of ether oxygens (including phenoxy) is 1. The predicted octanol–water partition coefficient (Wildman–Crippen LogP) is 2.12. The number of methoxy groups -OCH3 is 1. The fraction of sp³-hybridized carbons (Fsp3) is 1.00.